The fourth-order valence-electron chi connectivity index (χ4n) is 4.31. The summed E-state index contributed by atoms with van der Waals surface area (Å²) >= 11 is 12.0. The van der Waals surface area contributed by atoms with Gasteiger partial charge in [-0.25, -0.2) is 0 Å². The Hall–Kier alpha value is -2.70. The Kier molecular flexibility index (Phi) is 3.29. The van der Waals surface area contributed by atoms with Crippen LogP contribution in [-0.4, -0.2) is 18.4 Å². The molecular formula is C21H14ClNO4S. The van der Waals surface area contributed by atoms with Crippen LogP contribution in [-0.2, 0) is 12.0 Å². The fourth-order valence-corrected chi connectivity index (χ4v) is 4.92. The van der Waals surface area contributed by atoms with Crippen LogP contribution in [0.2, 0.25) is 5.22 Å². The van der Waals surface area contributed by atoms with Crippen LogP contribution in [0.3, 0.4) is 0 Å². The van der Waals surface area contributed by atoms with Crippen molar-refractivity contribution in [2.75, 3.05) is 18.3 Å². The SMILES string of the molecule is S=C1N(Cc2ccc(Cl)o2)c2ccccc2C12COc1cc3c(cc12)OCO3. The van der Waals surface area contributed by atoms with E-state index in [9.17, 15) is 0 Å². The lowest BCUT2D eigenvalue weighted by molar-refractivity contribution is 0.173. The van der Waals surface area contributed by atoms with E-state index in [1.54, 1.807) is 6.07 Å². The van der Waals surface area contributed by atoms with Gasteiger partial charge in [0.1, 0.15) is 28.5 Å². The van der Waals surface area contributed by atoms with E-state index in [2.05, 4.69) is 17.0 Å². The average Bonchev–Trinajstić information content (AvgIpc) is 3.45. The van der Waals surface area contributed by atoms with Crippen molar-refractivity contribution in [2.45, 2.75) is 12.0 Å². The summed E-state index contributed by atoms with van der Waals surface area (Å²) in [5, 5.41) is 0.366. The number of benzene rings is 2. The van der Waals surface area contributed by atoms with Gasteiger partial charge in [0, 0.05) is 17.3 Å². The molecule has 0 aliphatic carbocycles. The van der Waals surface area contributed by atoms with Crippen molar-refractivity contribution in [1.29, 1.82) is 0 Å². The second-order valence-corrected chi connectivity index (χ2v) is 7.77. The second kappa shape index (κ2) is 5.65. The smallest absolute Gasteiger partial charge is 0.231 e. The largest absolute Gasteiger partial charge is 0.491 e. The number of fused-ring (bicyclic) bond motifs is 5. The second-order valence-electron chi connectivity index (χ2n) is 7.01. The summed E-state index contributed by atoms with van der Waals surface area (Å²) in [5.41, 5.74) is 2.64. The Bertz CT molecular complexity index is 1140. The molecule has 2 aromatic carbocycles. The first kappa shape index (κ1) is 16.3. The number of halogens is 1. The minimum atomic E-state index is -0.543. The van der Waals surface area contributed by atoms with Gasteiger partial charge in [-0.3, -0.25) is 0 Å². The Balaban J connectivity index is 1.51. The summed E-state index contributed by atoms with van der Waals surface area (Å²) in [5.74, 6) is 2.96. The van der Waals surface area contributed by atoms with E-state index in [-0.39, 0.29) is 6.79 Å². The third-order valence-electron chi connectivity index (χ3n) is 5.59. The lowest BCUT2D eigenvalue weighted by atomic mass is 9.77. The van der Waals surface area contributed by atoms with Gasteiger partial charge in [-0.2, -0.15) is 0 Å². The minimum Gasteiger partial charge on any atom is -0.491 e. The molecule has 1 spiro atoms. The molecule has 1 unspecified atom stereocenters. The van der Waals surface area contributed by atoms with Gasteiger partial charge < -0.3 is 23.5 Å². The van der Waals surface area contributed by atoms with E-state index in [0.29, 0.717) is 24.1 Å². The Morgan fingerprint density at radius 2 is 1.79 bits per heavy atom. The van der Waals surface area contributed by atoms with Gasteiger partial charge in [0.25, 0.3) is 0 Å². The normalized spacial score (nSPS) is 21.2. The van der Waals surface area contributed by atoms with Crippen LogP contribution in [0.1, 0.15) is 16.9 Å². The van der Waals surface area contributed by atoms with Gasteiger partial charge in [-0.15, -0.1) is 0 Å². The standard InChI is InChI=1S/C21H14ClNO4S/c22-19-6-5-12(27-19)9-23-15-4-2-1-3-13(15)21(20(23)28)10-24-16-8-18-17(7-14(16)21)25-11-26-18/h1-8H,9-11H2. The highest BCUT2D eigenvalue weighted by Crippen LogP contribution is 2.55. The monoisotopic (exact) mass is 411 g/mol. The van der Waals surface area contributed by atoms with Crippen molar-refractivity contribution >= 4 is 34.5 Å². The molecule has 0 fully saturated rings. The first-order valence-electron chi connectivity index (χ1n) is 8.89. The molecule has 3 aliphatic rings. The van der Waals surface area contributed by atoms with Gasteiger partial charge in [0.15, 0.2) is 16.7 Å². The fraction of sp³-hybridized carbons (Fsp3) is 0.190. The zero-order chi connectivity index (χ0) is 18.9. The summed E-state index contributed by atoms with van der Waals surface area (Å²) in [6, 6.07) is 15.7. The third-order valence-corrected chi connectivity index (χ3v) is 6.36. The highest BCUT2D eigenvalue weighted by atomic mass is 35.5. The number of para-hydroxylation sites is 1. The van der Waals surface area contributed by atoms with E-state index >= 15 is 0 Å². The molecule has 0 saturated heterocycles. The molecule has 1 atom stereocenters. The number of rotatable bonds is 2. The first-order chi connectivity index (χ1) is 13.7. The van der Waals surface area contributed by atoms with Crippen molar-refractivity contribution in [3.8, 4) is 17.2 Å². The van der Waals surface area contributed by atoms with Gasteiger partial charge in [-0.05, 0) is 41.4 Å². The molecule has 0 radical (unpaired) electrons. The molecule has 1 aromatic heterocycles. The zero-order valence-corrected chi connectivity index (χ0v) is 16.2. The molecule has 3 aromatic rings. The Labute approximate surface area is 171 Å². The third kappa shape index (κ3) is 2.04. The molecule has 4 heterocycles. The number of hydrogen-bond donors (Lipinski definition) is 0. The van der Waals surface area contributed by atoms with Crippen LogP contribution in [0.5, 0.6) is 17.2 Å². The molecule has 5 nitrogen and oxygen atoms in total. The number of anilines is 1. The lowest BCUT2D eigenvalue weighted by Crippen LogP contribution is -2.40. The first-order valence-corrected chi connectivity index (χ1v) is 9.68. The summed E-state index contributed by atoms with van der Waals surface area (Å²) in [6.07, 6.45) is 0. The summed E-state index contributed by atoms with van der Waals surface area (Å²) in [6.45, 7) is 1.17. The minimum absolute atomic E-state index is 0.220. The molecular weight excluding hydrogens is 398 g/mol. The molecule has 0 saturated carbocycles. The Morgan fingerprint density at radius 3 is 2.61 bits per heavy atom. The zero-order valence-electron chi connectivity index (χ0n) is 14.6. The highest BCUT2D eigenvalue weighted by Gasteiger charge is 2.54. The van der Waals surface area contributed by atoms with Crippen molar-refractivity contribution in [3.05, 3.63) is 70.6 Å². The molecule has 0 amide bonds. The molecule has 0 bridgehead atoms. The van der Waals surface area contributed by atoms with Crippen LogP contribution in [0.25, 0.3) is 0 Å². The van der Waals surface area contributed by atoms with Crippen LogP contribution < -0.4 is 19.1 Å². The molecule has 6 rings (SSSR count). The maximum absolute atomic E-state index is 6.10. The van der Waals surface area contributed by atoms with Crippen LogP contribution >= 0.6 is 23.8 Å². The van der Waals surface area contributed by atoms with Gasteiger partial charge >= 0.3 is 0 Å². The average molecular weight is 412 g/mol. The van der Waals surface area contributed by atoms with Crippen LogP contribution in [0, 0.1) is 0 Å². The maximum Gasteiger partial charge on any atom is 0.231 e. The summed E-state index contributed by atoms with van der Waals surface area (Å²) in [7, 11) is 0. The van der Waals surface area contributed by atoms with E-state index in [1.165, 1.54) is 0 Å². The highest BCUT2D eigenvalue weighted by molar-refractivity contribution is 7.80. The quantitative estimate of drug-likeness (QED) is 0.570. The predicted molar refractivity (Wildman–Crippen MR) is 108 cm³/mol. The lowest BCUT2D eigenvalue weighted by Gasteiger charge is -2.26. The van der Waals surface area contributed by atoms with E-state index in [1.807, 2.05) is 30.3 Å². The molecule has 0 N–H and O–H groups in total. The molecule has 7 heteroatoms. The topological polar surface area (TPSA) is 44.1 Å². The maximum atomic E-state index is 6.10. The number of ether oxygens (including phenoxy) is 3. The van der Waals surface area contributed by atoms with Crippen molar-refractivity contribution in [3.63, 3.8) is 0 Å². The number of furan rings is 1. The molecule has 28 heavy (non-hydrogen) atoms. The van der Waals surface area contributed by atoms with Crippen molar-refractivity contribution in [1.82, 2.24) is 0 Å². The predicted octanol–water partition coefficient (Wildman–Crippen LogP) is 4.69. The molecule has 3 aliphatic heterocycles. The summed E-state index contributed by atoms with van der Waals surface area (Å²) < 4.78 is 22.8. The number of hydrogen-bond acceptors (Lipinski definition) is 5. The van der Waals surface area contributed by atoms with E-state index in [0.717, 1.165) is 39.1 Å². The van der Waals surface area contributed by atoms with Gasteiger partial charge in [0.2, 0.25) is 6.79 Å². The van der Waals surface area contributed by atoms with Crippen molar-refractivity contribution in [2.24, 2.45) is 0 Å². The van der Waals surface area contributed by atoms with Gasteiger partial charge in [-0.1, -0.05) is 30.4 Å². The van der Waals surface area contributed by atoms with E-state index < -0.39 is 5.41 Å². The van der Waals surface area contributed by atoms with Crippen LogP contribution in [0.15, 0.2) is 52.9 Å². The van der Waals surface area contributed by atoms with Crippen molar-refractivity contribution < 1.29 is 18.6 Å². The molecule has 140 valence electrons. The number of nitrogens with zero attached hydrogens (tertiary/aromatic N) is 1. The Morgan fingerprint density at radius 1 is 0.964 bits per heavy atom. The van der Waals surface area contributed by atoms with Gasteiger partial charge in [0.05, 0.1) is 6.54 Å². The van der Waals surface area contributed by atoms with Crippen LogP contribution in [0.4, 0.5) is 5.69 Å². The number of thiocarbonyl (C=S) groups is 1. The van der Waals surface area contributed by atoms with E-state index in [4.69, 9.17) is 42.4 Å². The summed E-state index contributed by atoms with van der Waals surface area (Å²) in [4.78, 5) is 2.88.